The molecule has 0 spiro atoms. The molecule has 138 valence electrons. The van der Waals surface area contributed by atoms with Gasteiger partial charge in [0.2, 0.25) is 0 Å². The normalized spacial score (nSPS) is 13.0. The highest BCUT2D eigenvalue weighted by atomic mass is 16.3. The van der Waals surface area contributed by atoms with Gasteiger partial charge in [-0.2, -0.15) is 5.26 Å². The molecular formula is C20H16N6O2. The Hall–Kier alpha value is -3.99. The van der Waals surface area contributed by atoms with E-state index in [1.807, 2.05) is 0 Å². The molecule has 1 saturated carbocycles. The number of nitrogens with one attached hydrogen (secondary N) is 2. The second-order valence-corrected chi connectivity index (χ2v) is 6.54. The molecular weight excluding hydrogens is 356 g/mol. The van der Waals surface area contributed by atoms with Crippen molar-refractivity contribution in [3.05, 3.63) is 71.2 Å². The summed E-state index contributed by atoms with van der Waals surface area (Å²) in [6.45, 7) is 0. The Bertz CT molecular complexity index is 1110. The maximum atomic E-state index is 12.8. The average molecular weight is 372 g/mol. The molecule has 0 aliphatic heterocycles. The molecule has 0 saturated heterocycles. The van der Waals surface area contributed by atoms with Gasteiger partial charge in [0.15, 0.2) is 12.2 Å². The van der Waals surface area contributed by atoms with Crippen molar-refractivity contribution >= 4 is 23.0 Å². The fourth-order valence-corrected chi connectivity index (χ4v) is 2.95. The predicted molar refractivity (Wildman–Crippen MR) is 102 cm³/mol. The van der Waals surface area contributed by atoms with E-state index in [0.717, 1.165) is 18.4 Å². The summed E-state index contributed by atoms with van der Waals surface area (Å²) in [7, 11) is 0. The second kappa shape index (κ2) is 6.96. The van der Waals surface area contributed by atoms with Gasteiger partial charge in [0.1, 0.15) is 17.5 Å². The van der Waals surface area contributed by atoms with Crippen LogP contribution in [0.1, 0.15) is 51.7 Å². The first kappa shape index (κ1) is 17.4. The maximum absolute atomic E-state index is 12.8. The molecule has 0 unspecified atom stereocenters. The molecule has 1 amide bonds. The molecule has 1 fully saturated rings. The van der Waals surface area contributed by atoms with Crippen molar-refractivity contribution in [2.45, 2.75) is 18.8 Å². The molecule has 8 heteroatoms. The lowest BCUT2D eigenvalue weighted by Crippen LogP contribution is -2.17. The predicted octanol–water partition coefficient (Wildman–Crippen LogP) is 3.07. The zero-order chi connectivity index (χ0) is 19.7. The van der Waals surface area contributed by atoms with Gasteiger partial charge in [0, 0.05) is 23.1 Å². The molecule has 3 aromatic rings. The molecule has 0 radical (unpaired) electrons. The smallest absolute Gasteiger partial charge is 0.274 e. The summed E-state index contributed by atoms with van der Waals surface area (Å²) in [5, 5.41) is 20.1. The quantitative estimate of drug-likeness (QED) is 0.464. The van der Waals surface area contributed by atoms with E-state index in [4.69, 9.17) is 20.8 Å². The minimum Gasteiger partial charge on any atom is -0.442 e. The van der Waals surface area contributed by atoms with Crippen LogP contribution in [0.4, 0.5) is 11.4 Å². The van der Waals surface area contributed by atoms with Gasteiger partial charge in [-0.05, 0) is 48.6 Å². The van der Waals surface area contributed by atoms with Gasteiger partial charge in [-0.15, -0.1) is 0 Å². The van der Waals surface area contributed by atoms with Crippen LogP contribution in [0.15, 0.2) is 47.5 Å². The Labute approximate surface area is 160 Å². The number of carbonyl (C=O) groups excluding carboxylic acids is 1. The van der Waals surface area contributed by atoms with Gasteiger partial charge in [0.25, 0.3) is 5.91 Å². The molecule has 4 rings (SSSR count). The van der Waals surface area contributed by atoms with Crippen molar-refractivity contribution in [2.24, 2.45) is 0 Å². The number of oxazole rings is 1. The number of anilines is 2. The van der Waals surface area contributed by atoms with Crippen molar-refractivity contribution in [3.8, 4) is 6.07 Å². The highest BCUT2D eigenvalue weighted by Gasteiger charge is 2.29. The monoisotopic (exact) mass is 372 g/mol. The van der Waals surface area contributed by atoms with Gasteiger partial charge >= 0.3 is 0 Å². The third kappa shape index (κ3) is 3.33. The fourth-order valence-electron chi connectivity index (χ4n) is 2.95. The largest absolute Gasteiger partial charge is 0.442 e. The van der Waals surface area contributed by atoms with E-state index in [0.29, 0.717) is 28.2 Å². The number of carbonyl (C=O) groups is 1. The van der Waals surface area contributed by atoms with Crippen LogP contribution >= 0.6 is 0 Å². The molecule has 1 aliphatic rings. The van der Waals surface area contributed by atoms with Crippen LogP contribution in [0.25, 0.3) is 0 Å². The molecule has 28 heavy (non-hydrogen) atoms. The lowest BCUT2D eigenvalue weighted by atomic mass is 10.0. The highest BCUT2D eigenvalue weighted by Crippen LogP contribution is 2.41. The second-order valence-electron chi connectivity index (χ2n) is 6.54. The Morgan fingerprint density at radius 2 is 2.14 bits per heavy atom. The minimum absolute atomic E-state index is 0.0706. The van der Waals surface area contributed by atoms with E-state index in [2.05, 4.69) is 21.4 Å². The van der Waals surface area contributed by atoms with E-state index in [1.54, 1.807) is 24.3 Å². The number of rotatable bonds is 5. The number of aromatic nitrogens is 2. The van der Waals surface area contributed by atoms with Gasteiger partial charge in [0.05, 0.1) is 11.8 Å². The first-order chi connectivity index (χ1) is 13.6. The van der Waals surface area contributed by atoms with Crippen LogP contribution in [0.5, 0.6) is 0 Å². The number of hydrogen-bond acceptors (Lipinski definition) is 7. The average Bonchev–Trinajstić information content (AvgIpc) is 3.42. The zero-order valence-corrected chi connectivity index (χ0v) is 14.8. The highest BCUT2D eigenvalue weighted by molar-refractivity contribution is 6.13. The van der Waals surface area contributed by atoms with Crippen LogP contribution in [0.2, 0.25) is 0 Å². The molecule has 1 aromatic carbocycles. The standard InChI is InChI=1S/C20H16N6O2/c21-7-11-5-14(12-1-2-12)19(25-8-11)20(27)26-13-3-4-16(22)15(6-13)18(23)17-9-24-10-28-17/h3-6,8-10,12,23H,1-2,22H2,(H,26,27). The zero-order valence-electron chi connectivity index (χ0n) is 14.8. The van der Waals surface area contributed by atoms with Gasteiger partial charge in [-0.1, -0.05) is 0 Å². The Morgan fingerprint density at radius 3 is 2.82 bits per heavy atom. The molecule has 4 N–H and O–H groups in total. The lowest BCUT2D eigenvalue weighted by molar-refractivity contribution is 0.102. The van der Waals surface area contributed by atoms with Gasteiger partial charge in [-0.25, -0.2) is 9.97 Å². The molecule has 8 nitrogen and oxygen atoms in total. The fraction of sp³-hybridized carbons (Fsp3) is 0.150. The Morgan fingerprint density at radius 1 is 1.32 bits per heavy atom. The van der Waals surface area contributed by atoms with E-state index in [1.165, 1.54) is 18.8 Å². The molecule has 0 atom stereocenters. The van der Waals surface area contributed by atoms with E-state index < -0.39 is 0 Å². The number of hydrogen-bond donors (Lipinski definition) is 3. The first-order valence-electron chi connectivity index (χ1n) is 8.65. The summed E-state index contributed by atoms with van der Waals surface area (Å²) in [5.41, 5.74) is 8.88. The molecule has 0 bridgehead atoms. The van der Waals surface area contributed by atoms with Crippen molar-refractivity contribution in [1.82, 2.24) is 9.97 Å². The van der Waals surface area contributed by atoms with Crippen LogP contribution in [-0.4, -0.2) is 21.6 Å². The maximum Gasteiger partial charge on any atom is 0.274 e. The number of nitrogens with zero attached hydrogens (tertiary/aromatic N) is 3. The summed E-state index contributed by atoms with van der Waals surface area (Å²) < 4.78 is 5.15. The summed E-state index contributed by atoms with van der Waals surface area (Å²) in [5.74, 6) is 0.177. The molecule has 2 heterocycles. The summed E-state index contributed by atoms with van der Waals surface area (Å²) in [4.78, 5) is 20.8. The van der Waals surface area contributed by atoms with Gasteiger partial charge in [-0.3, -0.25) is 10.2 Å². The first-order valence-corrected chi connectivity index (χ1v) is 8.65. The SMILES string of the molecule is N#Cc1cnc(C(=O)Nc2ccc(N)c(C(=N)c3cnco3)c2)c(C2CC2)c1. The molecule has 1 aliphatic carbocycles. The third-order valence-corrected chi connectivity index (χ3v) is 4.54. The Kier molecular flexibility index (Phi) is 4.33. The topological polar surface area (TPSA) is 142 Å². The van der Waals surface area contributed by atoms with Crippen molar-refractivity contribution in [1.29, 1.82) is 10.7 Å². The molecule has 2 aromatic heterocycles. The van der Waals surface area contributed by atoms with Crippen LogP contribution < -0.4 is 11.1 Å². The van der Waals surface area contributed by atoms with Crippen LogP contribution in [-0.2, 0) is 0 Å². The van der Waals surface area contributed by atoms with Crippen molar-refractivity contribution in [2.75, 3.05) is 11.1 Å². The third-order valence-electron chi connectivity index (χ3n) is 4.54. The van der Waals surface area contributed by atoms with Crippen LogP contribution in [0.3, 0.4) is 0 Å². The van der Waals surface area contributed by atoms with Crippen LogP contribution in [0, 0.1) is 16.7 Å². The van der Waals surface area contributed by atoms with Gasteiger partial charge < -0.3 is 15.5 Å². The number of nitrogens with two attached hydrogens (primary N) is 1. The summed E-state index contributed by atoms with van der Waals surface area (Å²) in [6.07, 6.45) is 6.03. The number of amides is 1. The number of nitrogen functional groups attached to an aromatic ring is 1. The minimum atomic E-state index is -0.367. The summed E-state index contributed by atoms with van der Waals surface area (Å²) >= 11 is 0. The Balaban J connectivity index is 1.62. The van der Waals surface area contributed by atoms with E-state index in [-0.39, 0.29) is 23.3 Å². The lowest BCUT2D eigenvalue weighted by Gasteiger charge is -2.11. The number of pyridine rings is 1. The van der Waals surface area contributed by atoms with Crippen molar-refractivity contribution < 1.29 is 9.21 Å². The van der Waals surface area contributed by atoms with Crippen molar-refractivity contribution in [3.63, 3.8) is 0 Å². The number of benzene rings is 1. The summed E-state index contributed by atoms with van der Waals surface area (Å²) in [6, 6.07) is 8.67. The number of nitriles is 1. The van der Waals surface area contributed by atoms with E-state index >= 15 is 0 Å². The van der Waals surface area contributed by atoms with E-state index in [9.17, 15) is 4.79 Å².